The van der Waals surface area contributed by atoms with Gasteiger partial charge in [-0.1, -0.05) is 30.3 Å². The average molecular weight is 284 g/mol. The van der Waals surface area contributed by atoms with Gasteiger partial charge in [0, 0.05) is 0 Å². The summed E-state index contributed by atoms with van der Waals surface area (Å²) < 4.78 is 6.55. The molecule has 2 N–H and O–H groups in total. The minimum absolute atomic E-state index is 0.108. The maximum atomic E-state index is 6.31. The average Bonchev–Trinajstić information content (AvgIpc) is 2.92. The molecular formula is C16H16N2OS. The predicted octanol–water partition coefficient (Wildman–Crippen LogP) is 3.55. The van der Waals surface area contributed by atoms with Crippen LogP contribution >= 0.6 is 11.3 Å². The molecule has 1 unspecified atom stereocenters. The Hall–Kier alpha value is -1.91. The first-order valence-electron chi connectivity index (χ1n) is 6.51. The van der Waals surface area contributed by atoms with Crippen molar-refractivity contribution in [1.29, 1.82) is 0 Å². The van der Waals surface area contributed by atoms with Crippen LogP contribution in [0.5, 0.6) is 5.75 Å². The van der Waals surface area contributed by atoms with Crippen molar-refractivity contribution in [2.45, 2.75) is 12.5 Å². The molecule has 3 aromatic rings. The molecule has 1 heterocycles. The quantitative estimate of drug-likeness (QED) is 0.797. The first kappa shape index (κ1) is 13.1. The van der Waals surface area contributed by atoms with E-state index in [1.54, 1.807) is 18.4 Å². The molecule has 0 spiro atoms. The summed E-state index contributed by atoms with van der Waals surface area (Å²) >= 11 is 1.66. The fourth-order valence-corrected chi connectivity index (χ4v) is 3.21. The zero-order chi connectivity index (χ0) is 13.9. The number of aromatic nitrogens is 1. The third-order valence-corrected chi connectivity index (χ3v) is 4.43. The van der Waals surface area contributed by atoms with Crippen LogP contribution in [0, 0.1) is 0 Å². The lowest BCUT2D eigenvalue weighted by Crippen LogP contribution is -2.13. The van der Waals surface area contributed by atoms with Crippen molar-refractivity contribution in [3.05, 3.63) is 59.1 Å². The Morgan fingerprint density at radius 2 is 1.90 bits per heavy atom. The number of ether oxygens (including phenoxy) is 1. The topological polar surface area (TPSA) is 48.1 Å². The van der Waals surface area contributed by atoms with Crippen LogP contribution in [-0.4, -0.2) is 12.1 Å². The molecule has 1 atom stereocenters. The minimum atomic E-state index is -0.108. The Morgan fingerprint density at radius 3 is 2.70 bits per heavy atom. The molecule has 0 fully saturated rings. The number of rotatable bonds is 4. The summed E-state index contributed by atoms with van der Waals surface area (Å²) in [6.45, 7) is 0. The molecule has 102 valence electrons. The molecule has 20 heavy (non-hydrogen) atoms. The fourth-order valence-electron chi connectivity index (χ4n) is 2.24. The van der Waals surface area contributed by atoms with Gasteiger partial charge in [0.1, 0.15) is 10.8 Å². The van der Waals surface area contributed by atoms with Gasteiger partial charge in [-0.3, -0.25) is 0 Å². The molecule has 4 heteroatoms. The van der Waals surface area contributed by atoms with Crippen molar-refractivity contribution in [3.63, 3.8) is 0 Å². The summed E-state index contributed by atoms with van der Waals surface area (Å²) in [6, 6.07) is 16.0. The van der Waals surface area contributed by atoms with Crippen LogP contribution < -0.4 is 10.5 Å². The van der Waals surface area contributed by atoms with Gasteiger partial charge < -0.3 is 10.5 Å². The number of nitrogens with zero attached hydrogens (tertiary/aromatic N) is 1. The van der Waals surface area contributed by atoms with Crippen molar-refractivity contribution in [1.82, 2.24) is 4.98 Å². The van der Waals surface area contributed by atoms with E-state index in [9.17, 15) is 0 Å². The van der Waals surface area contributed by atoms with Crippen LogP contribution in [-0.2, 0) is 6.42 Å². The van der Waals surface area contributed by atoms with E-state index in [4.69, 9.17) is 10.5 Å². The summed E-state index contributed by atoms with van der Waals surface area (Å²) in [4.78, 5) is 4.62. The van der Waals surface area contributed by atoms with E-state index in [0.717, 1.165) is 28.3 Å². The smallest absolute Gasteiger partial charge is 0.122 e. The second kappa shape index (κ2) is 5.61. The van der Waals surface area contributed by atoms with E-state index < -0.39 is 0 Å². The number of benzene rings is 2. The third kappa shape index (κ3) is 2.53. The zero-order valence-corrected chi connectivity index (χ0v) is 12.1. The monoisotopic (exact) mass is 284 g/mol. The molecule has 0 aliphatic carbocycles. The Kier molecular flexibility index (Phi) is 3.67. The SMILES string of the molecule is COc1ccccc1CC(N)c1nc2ccccc2s1. The summed E-state index contributed by atoms with van der Waals surface area (Å²) in [7, 11) is 1.68. The van der Waals surface area contributed by atoms with Crippen molar-refractivity contribution >= 4 is 21.6 Å². The first-order valence-corrected chi connectivity index (χ1v) is 7.32. The molecule has 0 aliphatic rings. The van der Waals surface area contributed by atoms with E-state index >= 15 is 0 Å². The standard InChI is InChI=1S/C16H16N2OS/c1-19-14-8-4-2-6-11(14)10-12(17)16-18-13-7-3-5-9-15(13)20-16/h2-9,12H,10,17H2,1H3. The number of hydrogen-bond donors (Lipinski definition) is 1. The van der Waals surface area contributed by atoms with Crippen molar-refractivity contribution in [2.75, 3.05) is 7.11 Å². The highest BCUT2D eigenvalue weighted by molar-refractivity contribution is 7.18. The van der Waals surface area contributed by atoms with Crippen LogP contribution in [0.1, 0.15) is 16.6 Å². The van der Waals surface area contributed by atoms with Crippen LogP contribution in [0.2, 0.25) is 0 Å². The van der Waals surface area contributed by atoms with Crippen LogP contribution in [0.3, 0.4) is 0 Å². The van der Waals surface area contributed by atoms with Gasteiger partial charge in [0.25, 0.3) is 0 Å². The molecule has 3 nitrogen and oxygen atoms in total. The highest BCUT2D eigenvalue weighted by atomic mass is 32.1. The van der Waals surface area contributed by atoms with Crippen LogP contribution in [0.15, 0.2) is 48.5 Å². The molecule has 0 amide bonds. The maximum Gasteiger partial charge on any atom is 0.122 e. The highest BCUT2D eigenvalue weighted by Gasteiger charge is 2.14. The summed E-state index contributed by atoms with van der Waals surface area (Å²) in [5.41, 5.74) is 8.44. The van der Waals surface area contributed by atoms with Gasteiger partial charge in [-0.2, -0.15) is 0 Å². The van der Waals surface area contributed by atoms with Crippen molar-refractivity contribution in [2.24, 2.45) is 5.73 Å². The number of thiazole rings is 1. The Labute approximate surface area is 122 Å². The number of fused-ring (bicyclic) bond motifs is 1. The third-order valence-electron chi connectivity index (χ3n) is 3.26. The maximum absolute atomic E-state index is 6.31. The van der Waals surface area contributed by atoms with E-state index in [1.165, 1.54) is 4.70 Å². The lowest BCUT2D eigenvalue weighted by atomic mass is 10.1. The Bertz CT molecular complexity index is 690. The van der Waals surface area contributed by atoms with Gasteiger partial charge in [0.2, 0.25) is 0 Å². The van der Waals surface area contributed by atoms with Crippen LogP contribution in [0.4, 0.5) is 0 Å². The molecular weight excluding hydrogens is 268 g/mol. The summed E-state index contributed by atoms with van der Waals surface area (Å²) in [6.07, 6.45) is 0.726. The lowest BCUT2D eigenvalue weighted by molar-refractivity contribution is 0.408. The number of para-hydroxylation sites is 2. The molecule has 0 radical (unpaired) electrons. The van der Waals surface area contributed by atoms with Gasteiger partial charge >= 0.3 is 0 Å². The second-order valence-electron chi connectivity index (χ2n) is 4.64. The molecule has 0 aliphatic heterocycles. The van der Waals surface area contributed by atoms with Gasteiger partial charge in [0.15, 0.2) is 0 Å². The Morgan fingerprint density at radius 1 is 1.15 bits per heavy atom. The van der Waals surface area contributed by atoms with Crippen molar-refractivity contribution in [3.8, 4) is 5.75 Å². The second-order valence-corrected chi connectivity index (χ2v) is 5.70. The normalized spacial score (nSPS) is 12.5. The zero-order valence-electron chi connectivity index (χ0n) is 11.2. The lowest BCUT2D eigenvalue weighted by Gasteiger charge is -2.11. The Balaban J connectivity index is 1.87. The van der Waals surface area contributed by atoms with E-state index in [1.807, 2.05) is 42.5 Å². The van der Waals surface area contributed by atoms with Gasteiger partial charge in [0.05, 0.1) is 23.4 Å². The van der Waals surface area contributed by atoms with E-state index in [-0.39, 0.29) is 6.04 Å². The number of hydrogen-bond acceptors (Lipinski definition) is 4. The molecule has 3 rings (SSSR count). The molecule has 2 aromatic carbocycles. The summed E-state index contributed by atoms with van der Waals surface area (Å²) in [5.74, 6) is 0.879. The number of nitrogens with two attached hydrogens (primary N) is 1. The fraction of sp³-hybridized carbons (Fsp3) is 0.188. The van der Waals surface area contributed by atoms with Crippen LogP contribution in [0.25, 0.3) is 10.2 Å². The molecule has 0 saturated carbocycles. The largest absolute Gasteiger partial charge is 0.496 e. The molecule has 0 bridgehead atoms. The highest BCUT2D eigenvalue weighted by Crippen LogP contribution is 2.29. The summed E-state index contributed by atoms with van der Waals surface area (Å²) in [5, 5.41) is 0.970. The van der Waals surface area contributed by atoms with Gasteiger partial charge in [-0.05, 0) is 30.2 Å². The first-order chi connectivity index (χ1) is 9.78. The van der Waals surface area contributed by atoms with E-state index in [0.29, 0.717) is 0 Å². The van der Waals surface area contributed by atoms with Gasteiger partial charge in [-0.15, -0.1) is 11.3 Å². The molecule has 0 saturated heterocycles. The van der Waals surface area contributed by atoms with Crippen molar-refractivity contribution < 1.29 is 4.74 Å². The van der Waals surface area contributed by atoms with Gasteiger partial charge in [-0.25, -0.2) is 4.98 Å². The minimum Gasteiger partial charge on any atom is -0.496 e. The van der Waals surface area contributed by atoms with E-state index in [2.05, 4.69) is 11.1 Å². The number of methoxy groups -OCH3 is 1. The predicted molar refractivity (Wildman–Crippen MR) is 83.2 cm³/mol. The molecule has 1 aromatic heterocycles.